The third-order valence-corrected chi connectivity index (χ3v) is 2.78. The van der Waals surface area contributed by atoms with Crippen LogP contribution < -0.4 is 5.32 Å². The number of rotatable bonds is 4. The summed E-state index contributed by atoms with van der Waals surface area (Å²) in [5, 5.41) is 2.59. The van der Waals surface area contributed by atoms with Crippen molar-refractivity contribution in [2.45, 2.75) is 32.5 Å². The molecule has 0 radical (unpaired) electrons. The second kappa shape index (κ2) is 4.71. The zero-order valence-electron chi connectivity index (χ0n) is 9.36. The van der Waals surface area contributed by atoms with Crippen molar-refractivity contribution >= 4 is 5.78 Å². The molecule has 0 aromatic carbocycles. The van der Waals surface area contributed by atoms with E-state index in [4.69, 9.17) is 4.74 Å². The minimum Gasteiger partial charge on any atom is -0.371 e. The Hall–Kier alpha value is -0.620. The lowest BCUT2D eigenvalue weighted by atomic mass is 9.82. The maximum absolute atomic E-state index is 12.9. The standard InChI is InChI=1S/C10H16F3NO2/c1-7(2)16-5-8(15)9(10(11,12)13)3-4-14-6-9/h7,14H,3-6H2,1-2H3. The molecule has 1 N–H and O–H groups in total. The van der Waals surface area contributed by atoms with Gasteiger partial charge in [-0.15, -0.1) is 0 Å². The molecule has 0 amide bonds. The van der Waals surface area contributed by atoms with Gasteiger partial charge in [-0.3, -0.25) is 4.79 Å². The van der Waals surface area contributed by atoms with Gasteiger partial charge in [-0.05, 0) is 26.8 Å². The minimum absolute atomic E-state index is 0.198. The molecule has 0 spiro atoms. The van der Waals surface area contributed by atoms with Crippen molar-refractivity contribution in [1.82, 2.24) is 5.32 Å². The number of alkyl halides is 3. The van der Waals surface area contributed by atoms with Crippen LogP contribution in [0, 0.1) is 5.41 Å². The van der Waals surface area contributed by atoms with E-state index < -0.39 is 24.0 Å². The topological polar surface area (TPSA) is 38.3 Å². The Labute approximate surface area is 92.3 Å². The lowest BCUT2D eigenvalue weighted by molar-refractivity contribution is -0.217. The molecular formula is C10H16F3NO2. The molecule has 16 heavy (non-hydrogen) atoms. The van der Waals surface area contributed by atoms with Crippen LogP contribution >= 0.6 is 0 Å². The summed E-state index contributed by atoms with van der Waals surface area (Å²) in [5.74, 6) is -0.876. The number of ether oxygens (including phenoxy) is 1. The second-order valence-electron chi connectivity index (χ2n) is 4.29. The molecular weight excluding hydrogens is 223 g/mol. The third kappa shape index (κ3) is 2.55. The largest absolute Gasteiger partial charge is 0.402 e. The molecule has 6 heteroatoms. The maximum Gasteiger partial charge on any atom is 0.402 e. The highest BCUT2D eigenvalue weighted by molar-refractivity contribution is 5.87. The number of hydrogen-bond donors (Lipinski definition) is 1. The second-order valence-corrected chi connectivity index (χ2v) is 4.29. The Morgan fingerprint density at radius 2 is 2.12 bits per heavy atom. The first-order valence-corrected chi connectivity index (χ1v) is 5.22. The number of halogens is 3. The zero-order chi connectivity index (χ0) is 12.4. The highest BCUT2D eigenvalue weighted by atomic mass is 19.4. The first-order valence-electron chi connectivity index (χ1n) is 5.22. The Bertz CT molecular complexity index is 257. The molecule has 94 valence electrons. The van der Waals surface area contributed by atoms with Gasteiger partial charge in [0.1, 0.15) is 12.0 Å². The molecule has 1 fully saturated rings. The fraction of sp³-hybridized carbons (Fsp3) is 0.900. The van der Waals surface area contributed by atoms with E-state index in [1.165, 1.54) is 0 Å². The minimum atomic E-state index is -4.51. The van der Waals surface area contributed by atoms with Gasteiger partial charge >= 0.3 is 6.18 Å². The summed E-state index contributed by atoms with van der Waals surface area (Å²) in [5.41, 5.74) is -2.25. The molecule has 0 aromatic rings. The van der Waals surface area contributed by atoms with E-state index >= 15 is 0 Å². The number of Topliss-reactive ketones (excluding diaryl/α,β-unsaturated/α-hetero) is 1. The van der Waals surface area contributed by atoms with Crippen LogP contribution in [0.25, 0.3) is 0 Å². The molecule has 0 aliphatic carbocycles. The number of carbonyl (C=O) groups is 1. The highest BCUT2D eigenvalue weighted by Gasteiger charge is 2.60. The summed E-state index contributed by atoms with van der Waals surface area (Å²) in [7, 11) is 0. The van der Waals surface area contributed by atoms with E-state index in [0.29, 0.717) is 0 Å². The molecule has 1 atom stereocenters. The predicted octanol–water partition coefficient (Wildman–Crippen LogP) is 1.52. The molecule has 0 bridgehead atoms. The van der Waals surface area contributed by atoms with Crippen molar-refractivity contribution < 1.29 is 22.7 Å². The van der Waals surface area contributed by atoms with Crippen molar-refractivity contribution in [2.24, 2.45) is 5.41 Å². The lowest BCUT2D eigenvalue weighted by Crippen LogP contribution is -2.48. The number of hydrogen-bond acceptors (Lipinski definition) is 3. The van der Waals surface area contributed by atoms with Crippen molar-refractivity contribution in [3.8, 4) is 0 Å². The summed E-state index contributed by atoms with van der Waals surface area (Å²) in [6.45, 7) is 2.77. The maximum atomic E-state index is 12.9. The molecule has 1 aliphatic rings. The fourth-order valence-corrected chi connectivity index (χ4v) is 1.71. The third-order valence-electron chi connectivity index (χ3n) is 2.78. The van der Waals surface area contributed by atoms with Crippen LogP contribution in [0.4, 0.5) is 13.2 Å². The van der Waals surface area contributed by atoms with Crippen LogP contribution in [-0.4, -0.2) is 37.8 Å². The van der Waals surface area contributed by atoms with E-state index in [1.807, 2.05) is 0 Å². The van der Waals surface area contributed by atoms with Crippen LogP contribution in [0.3, 0.4) is 0 Å². The summed E-state index contributed by atoms with van der Waals surface area (Å²) in [6, 6.07) is 0. The average Bonchev–Trinajstić information content (AvgIpc) is 2.62. The van der Waals surface area contributed by atoms with E-state index in [9.17, 15) is 18.0 Å². The van der Waals surface area contributed by atoms with Crippen LogP contribution in [0.1, 0.15) is 20.3 Å². The van der Waals surface area contributed by atoms with Gasteiger partial charge in [-0.2, -0.15) is 13.2 Å². The summed E-state index contributed by atoms with van der Waals surface area (Å²) >= 11 is 0. The first-order chi connectivity index (χ1) is 7.29. The smallest absolute Gasteiger partial charge is 0.371 e. The zero-order valence-corrected chi connectivity index (χ0v) is 9.36. The molecule has 1 saturated heterocycles. The van der Waals surface area contributed by atoms with Crippen LogP contribution in [0.5, 0.6) is 0 Å². The van der Waals surface area contributed by atoms with Crippen LogP contribution in [0.15, 0.2) is 0 Å². The molecule has 1 heterocycles. The van der Waals surface area contributed by atoms with Crippen molar-refractivity contribution in [1.29, 1.82) is 0 Å². The van der Waals surface area contributed by atoms with Gasteiger partial charge in [0.05, 0.1) is 6.10 Å². The average molecular weight is 239 g/mol. The van der Waals surface area contributed by atoms with Gasteiger partial charge in [0.2, 0.25) is 0 Å². The predicted molar refractivity (Wildman–Crippen MR) is 52.1 cm³/mol. The number of nitrogens with one attached hydrogen (secondary N) is 1. The lowest BCUT2D eigenvalue weighted by Gasteiger charge is -2.29. The summed E-state index contributed by atoms with van der Waals surface area (Å²) in [4.78, 5) is 11.6. The molecule has 1 unspecified atom stereocenters. The first kappa shape index (κ1) is 13.4. The van der Waals surface area contributed by atoms with Gasteiger partial charge in [0.15, 0.2) is 5.78 Å². The van der Waals surface area contributed by atoms with E-state index in [1.54, 1.807) is 13.8 Å². The van der Waals surface area contributed by atoms with Gasteiger partial charge in [-0.1, -0.05) is 0 Å². The van der Waals surface area contributed by atoms with Crippen LogP contribution in [-0.2, 0) is 9.53 Å². The quantitative estimate of drug-likeness (QED) is 0.808. The van der Waals surface area contributed by atoms with Gasteiger partial charge in [0, 0.05) is 6.54 Å². The Morgan fingerprint density at radius 1 is 1.50 bits per heavy atom. The number of carbonyl (C=O) groups excluding carboxylic acids is 1. The molecule has 1 aliphatic heterocycles. The molecule has 1 rings (SSSR count). The SMILES string of the molecule is CC(C)OCC(=O)C1(C(F)(F)F)CCNC1. The van der Waals surface area contributed by atoms with Crippen molar-refractivity contribution in [3.63, 3.8) is 0 Å². The highest BCUT2D eigenvalue weighted by Crippen LogP contribution is 2.43. The van der Waals surface area contributed by atoms with Crippen molar-refractivity contribution in [3.05, 3.63) is 0 Å². The van der Waals surface area contributed by atoms with E-state index in [-0.39, 0.29) is 25.6 Å². The van der Waals surface area contributed by atoms with E-state index in [0.717, 1.165) is 0 Å². The Balaban J connectivity index is 2.74. The monoisotopic (exact) mass is 239 g/mol. The Kier molecular flexibility index (Phi) is 3.96. The van der Waals surface area contributed by atoms with Crippen molar-refractivity contribution in [2.75, 3.05) is 19.7 Å². The Morgan fingerprint density at radius 3 is 2.50 bits per heavy atom. The van der Waals surface area contributed by atoms with Crippen LogP contribution in [0.2, 0.25) is 0 Å². The van der Waals surface area contributed by atoms with E-state index in [2.05, 4.69) is 5.32 Å². The fourth-order valence-electron chi connectivity index (χ4n) is 1.71. The molecule has 0 saturated carbocycles. The number of ketones is 1. The summed E-state index contributed by atoms with van der Waals surface area (Å²) in [6.07, 6.45) is -4.95. The molecule has 3 nitrogen and oxygen atoms in total. The summed E-state index contributed by atoms with van der Waals surface area (Å²) < 4.78 is 43.6. The van der Waals surface area contributed by atoms with Gasteiger partial charge in [0.25, 0.3) is 0 Å². The normalized spacial score (nSPS) is 26.4. The van der Waals surface area contributed by atoms with Gasteiger partial charge < -0.3 is 10.1 Å². The van der Waals surface area contributed by atoms with Gasteiger partial charge in [-0.25, -0.2) is 0 Å². The molecule has 0 aromatic heterocycles.